The van der Waals surface area contributed by atoms with Gasteiger partial charge in [-0.15, -0.1) is 0 Å². The first kappa shape index (κ1) is 11.8. The summed E-state index contributed by atoms with van der Waals surface area (Å²) < 4.78 is 5.09. The Morgan fingerprint density at radius 3 is 2.40 bits per heavy atom. The molecule has 1 aliphatic rings. The molecule has 1 fully saturated rings. The van der Waals surface area contributed by atoms with E-state index in [1.54, 1.807) is 0 Å². The lowest BCUT2D eigenvalue weighted by Crippen LogP contribution is -2.24. The van der Waals surface area contributed by atoms with Crippen LogP contribution in [0.2, 0.25) is 0 Å². The molecule has 4 nitrogen and oxygen atoms in total. The summed E-state index contributed by atoms with van der Waals surface area (Å²) in [6.45, 7) is 3.33. The van der Waals surface area contributed by atoms with E-state index in [0.717, 1.165) is 31.8 Å². The molecule has 0 bridgehead atoms. The van der Waals surface area contributed by atoms with Gasteiger partial charge in [-0.3, -0.25) is 4.79 Å². The Kier molecular flexibility index (Phi) is 4.34. The van der Waals surface area contributed by atoms with Crippen LogP contribution < -0.4 is 0 Å². The topological polar surface area (TPSA) is 63.6 Å². The highest BCUT2D eigenvalue weighted by molar-refractivity contribution is 5.81. The van der Waals surface area contributed by atoms with Gasteiger partial charge in [-0.05, 0) is 31.6 Å². The number of hydrogen-bond acceptors (Lipinski definition) is 3. The molecule has 1 N–H and O–H groups in total. The molecule has 0 aromatic rings. The van der Waals surface area contributed by atoms with Crippen LogP contribution in [0.25, 0.3) is 0 Å². The Morgan fingerprint density at radius 1 is 1.33 bits per heavy atom. The molecule has 0 aromatic heterocycles. The molecule has 0 unspecified atom stereocenters. The van der Waals surface area contributed by atoms with Gasteiger partial charge < -0.3 is 9.84 Å². The maximum Gasteiger partial charge on any atom is 0.330 e. The van der Waals surface area contributed by atoms with Crippen LogP contribution in [0, 0.1) is 5.92 Å². The van der Waals surface area contributed by atoms with Gasteiger partial charge in [0.25, 0.3) is 0 Å². The zero-order valence-electron chi connectivity index (χ0n) is 8.65. The molecule has 84 valence electrons. The third kappa shape index (κ3) is 4.14. The fraction of sp³-hybridized carbons (Fsp3) is 0.636. The second-order valence-electron chi connectivity index (χ2n) is 3.88. The van der Waals surface area contributed by atoms with Gasteiger partial charge in [-0.25, -0.2) is 4.79 Å². The van der Waals surface area contributed by atoms with Crippen molar-refractivity contribution in [3.05, 3.63) is 12.7 Å². The zero-order valence-corrected chi connectivity index (χ0v) is 8.65. The van der Waals surface area contributed by atoms with Crippen LogP contribution in [0.3, 0.4) is 0 Å². The summed E-state index contributed by atoms with van der Waals surface area (Å²) in [5, 5.41) is 8.62. The summed E-state index contributed by atoms with van der Waals surface area (Å²) in [5.74, 6) is -0.903. The van der Waals surface area contributed by atoms with Crippen molar-refractivity contribution in [2.24, 2.45) is 5.92 Å². The average molecular weight is 212 g/mol. The lowest BCUT2D eigenvalue weighted by atomic mass is 9.85. The Morgan fingerprint density at radius 2 is 1.93 bits per heavy atom. The quantitative estimate of drug-likeness (QED) is 0.569. The molecule has 0 amide bonds. The van der Waals surface area contributed by atoms with Gasteiger partial charge >= 0.3 is 11.9 Å². The van der Waals surface area contributed by atoms with Gasteiger partial charge in [0.2, 0.25) is 0 Å². The fourth-order valence-electron chi connectivity index (χ4n) is 1.91. The first-order valence-corrected chi connectivity index (χ1v) is 5.16. The van der Waals surface area contributed by atoms with Gasteiger partial charge in [0, 0.05) is 12.5 Å². The molecule has 0 saturated heterocycles. The molecule has 0 radical (unpaired) electrons. The average Bonchev–Trinajstić information content (AvgIpc) is 2.20. The van der Waals surface area contributed by atoms with E-state index in [9.17, 15) is 9.59 Å². The number of carboxylic acids is 1. The summed E-state index contributed by atoms with van der Waals surface area (Å²) in [6.07, 6.45) is 4.49. The highest BCUT2D eigenvalue weighted by Gasteiger charge is 2.24. The molecule has 0 spiro atoms. The van der Waals surface area contributed by atoms with Crippen LogP contribution in [0.5, 0.6) is 0 Å². The summed E-state index contributed by atoms with van der Waals surface area (Å²) in [6, 6.07) is 0. The van der Waals surface area contributed by atoms with Crippen molar-refractivity contribution < 1.29 is 19.4 Å². The van der Waals surface area contributed by atoms with Crippen molar-refractivity contribution in [1.29, 1.82) is 0 Å². The lowest BCUT2D eigenvalue weighted by molar-refractivity contribution is -0.146. The van der Waals surface area contributed by atoms with E-state index >= 15 is 0 Å². The van der Waals surface area contributed by atoms with E-state index in [1.165, 1.54) is 0 Å². The smallest absolute Gasteiger partial charge is 0.330 e. The van der Waals surface area contributed by atoms with Gasteiger partial charge in [0.15, 0.2) is 0 Å². The standard InChI is InChI=1S/C11H16O4/c1-2-11(14)15-9-5-3-8(4-6-9)7-10(12)13/h2,8-9H,1,3-7H2,(H,12,13). The molecule has 1 saturated carbocycles. The van der Waals surface area contributed by atoms with Crippen molar-refractivity contribution in [1.82, 2.24) is 0 Å². The number of carbonyl (C=O) groups is 2. The molecular formula is C11H16O4. The first-order valence-electron chi connectivity index (χ1n) is 5.16. The predicted octanol–water partition coefficient (Wildman–Crippen LogP) is 1.75. The summed E-state index contributed by atoms with van der Waals surface area (Å²) >= 11 is 0. The molecular weight excluding hydrogens is 196 g/mol. The monoisotopic (exact) mass is 212 g/mol. The molecule has 1 rings (SSSR count). The third-order valence-electron chi connectivity index (χ3n) is 2.71. The van der Waals surface area contributed by atoms with E-state index in [0.29, 0.717) is 0 Å². The van der Waals surface area contributed by atoms with Crippen molar-refractivity contribution in [3.8, 4) is 0 Å². The van der Waals surface area contributed by atoms with Crippen molar-refractivity contribution in [2.75, 3.05) is 0 Å². The van der Waals surface area contributed by atoms with E-state index in [-0.39, 0.29) is 18.4 Å². The maximum atomic E-state index is 10.9. The van der Waals surface area contributed by atoms with Gasteiger partial charge in [0.1, 0.15) is 6.10 Å². The molecule has 0 atom stereocenters. The minimum Gasteiger partial charge on any atom is -0.481 e. The van der Waals surface area contributed by atoms with Crippen LogP contribution >= 0.6 is 0 Å². The van der Waals surface area contributed by atoms with Crippen molar-refractivity contribution in [2.45, 2.75) is 38.2 Å². The Bertz CT molecular complexity index is 251. The van der Waals surface area contributed by atoms with E-state index in [4.69, 9.17) is 9.84 Å². The number of hydrogen-bond donors (Lipinski definition) is 1. The van der Waals surface area contributed by atoms with Crippen LogP contribution in [0.1, 0.15) is 32.1 Å². The summed E-state index contributed by atoms with van der Waals surface area (Å²) in [4.78, 5) is 21.4. The highest BCUT2D eigenvalue weighted by Crippen LogP contribution is 2.28. The van der Waals surface area contributed by atoms with Crippen LogP contribution in [-0.2, 0) is 14.3 Å². The van der Waals surface area contributed by atoms with Crippen LogP contribution in [0.15, 0.2) is 12.7 Å². The number of carbonyl (C=O) groups excluding carboxylic acids is 1. The van der Waals surface area contributed by atoms with E-state index in [2.05, 4.69) is 6.58 Å². The molecule has 1 aliphatic carbocycles. The molecule has 15 heavy (non-hydrogen) atoms. The van der Waals surface area contributed by atoms with Gasteiger partial charge in [-0.2, -0.15) is 0 Å². The van der Waals surface area contributed by atoms with Gasteiger partial charge in [0.05, 0.1) is 0 Å². The molecule has 4 heteroatoms. The Balaban J connectivity index is 2.26. The van der Waals surface area contributed by atoms with Gasteiger partial charge in [-0.1, -0.05) is 6.58 Å². The number of carboxylic acid groups (broad SMARTS) is 1. The molecule has 0 aromatic carbocycles. The lowest BCUT2D eigenvalue weighted by Gasteiger charge is -2.26. The summed E-state index contributed by atoms with van der Waals surface area (Å²) in [7, 11) is 0. The second-order valence-corrected chi connectivity index (χ2v) is 3.88. The zero-order chi connectivity index (χ0) is 11.3. The number of ether oxygens (including phenoxy) is 1. The normalized spacial score (nSPS) is 25.6. The van der Waals surface area contributed by atoms with E-state index in [1.807, 2.05) is 0 Å². The maximum absolute atomic E-state index is 10.9. The minimum absolute atomic E-state index is 0.0551. The van der Waals surface area contributed by atoms with Crippen molar-refractivity contribution >= 4 is 11.9 Å². The molecule has 0 aliphatic heterocycles. The minimum atomic E-state index is -0.749. The van der Waals surface area contributed by atoms with Crippen molar-refractivity contribution in [3.63, 3.8) is 0 Å². The predicted molar refractivity (Wildman–Crippen MR) is 54.3 cm³/mol. The summed E-state index contributed by atoms with van der Waals surface area (Å²) in [5.41, 5.74) is 0. The molecule has 0 heterocycles. The number of esters is 1. The van der Waals surface area contributed by atoms with Crippen LogP contribution in [0.4, 0.5) is 0 Å². The Labute approximate surface area is 88.9 Å². The number of aliphatic carboxylic acids is 1. The second kappa shape index (κ2) is 5.53. The van der Waals surface area contributed by atoms with E-state index < -0.39 is 11.9 Å². The largest absolute Gasteiger partial charge is 0.481 e. The first-order chi connectivity index (χ1) is 7.11. The SMILES string of the molecule is C=CC(=O)OC1CCC(CC(=O)O)CC1. The third-order valence-corrected chi connectivity index (χ3v) is 2.71. The fourth-order valence-corrected chi connectivity index (χ4v) is 1.91. The Hall–Kier alpha value is -1.32. The number of rotatable bonds is 4. The van der Waals surface area contributed by atoms with Crippen LogP contribution in [-0.4, -0.2) is 23.1 Å². The highest BCUT2D eigenvalue weighted by atomic mass is 16.5.